The SMILES string of the molecule is C#CCNC(=O)C(=O)Nc1ccc(C)cc1F. The fourth-order valence-corrected chi connectivity index (χ4v) is 1.11. The first-order valence-corrected chi connectivity index (χ1v) is 4.83. The van der Waals surface area contributed by atoms with Gasteiger partial charge in [0.15, 0.2) is 0 Å². The number of benzene rings is 1. The molecule has 0 heterocycles. The molecule has 0 saturated carbocycles. The molecule has 17 heavy (non-hydrogen) atoms. The topological polar surface area (TPSA) is 58.2 Å². The van der Waals surface area contributed by atoms with Crippen molar-refractivity contribution in [2.45, 2.75) is 6.92 Å². The van der Waals surface area contributed by atoms with Crippen molar-refractivity contribution in [2.24, 2.45) is 0 Å². The van der Waals surface area contributed by atoms with E-state index in [-0.39, 0.29) is 12.2 Å². The quantitative estimate of drug-likeness (QED) is 0.588. The Kier molecular flexibility index (Phi) is 4.23. The van der Waals surface area contributed by atoms with Gasteiger partial charge in [-0.25, -0.2) is 4.39 Å². The Morgan fingerprint density at radius 1 is 1.41 bits per heavy atom. The largest absolute Gasteiger partial charge is 0.337 e. The van der Waals surface area contributed by atoms with Crippen molar-refractivity contribution in [2.75, 3.05) is 11.9 Å². The van der Waals surface area contributed by atoms with Gasteiger partial charge in [-0.15, -0.1) is 6.42 Å². The number of terminal acetylenes is 1. The van der Waals surface area contributed by atoms with Crippen molar-refractivity contribution in [3.63, 3.8) is 0 Å². The summed E-state index contributed by atoms with van der Waals surface area (Å²) in [5.74, 6) is -0.300. The molecule has 0 atom stereocenters. The van der Waals surface area contributed by atoms with E-state index in [0.717, 1.165) is 5.56 Å². The molecular formula is C12H11FN2O2. The van der Waals surface area contributed by atoms with E-state index in [4.69, 9.17) is 6.42 Å². The molecule has 0 aliphatic heterocycles. The van der Waals surface area contributed by atoms with Gasteiger partial charge in [-0.3, -0.25) is 9.59 Å². The van der Waals surface area contributed by atoms with Crippen LogP contribution < -0.4 is 10.6 Å². The molecule has 1 aromatic carbocycles. The number of amides is 2. The normalized spacial score (nSPS) is 9.24. The molecular weight excluding hydrogens is 223 g/mol. The van der Waals surface area contributed by atoms with E-state index in [1.807, 2.05) is 0 Å². The molecule has 4 nitrogen and oxygen atoms in total. The number of anilines is 1. The van der Waals surface area contributed by atoms with Crippen LogP contribution >= 0.6 is 0 Å². The van der Waals surface area contributed by atoms with Gasteiger partial charge >= 0.3 is 11.8 Å². The van der Waals surface area contributed by atoms with Crippen molar-refractivity contribution in [3.8, 4) is 12.3 Å². The summed E-state index contributed by atoms with van der Waals surface area (Å²) in [6, 6.07) is 4.27. The Bertz CT molecular complexity index is 492. The Morgan fingerprint density at radius 3 is 2.71 bits per heavy atom. The maximum atomic E-state index is 13.3. The monoisotopic (exact) mass is 234 g/mol. The van der Waals surface area contributed by atoms with Gasteiger partial charge in [0.05, 0.1) is 12.2 Å². The lowest BCUT2D eigenvalue weighted by atomic mass is 10.2. The zero-order valence-corrected chi connectivity index (χ0v) is 9.21. The van der Waals surface area contributed by atoms with Gasteiger partial charge in [0.25, 0.3) is 0 Å². The predicted octanol–water partition coefficient (Wildman–Crippen LogP) is 0.822. The summed E-state index contributed by atoms with van der Waals surface area (Å²) in [6.07, 6.45) is 4.91. The van der Waals surface area contributed by atoms with Crippen molar-refractivity contribution in [1.29, 1.82) is 0 Å². The average molecular weight is 234 g/mol. The maximum Gasteiger partial charge on any atom is 0.313 e. The summed E-state index contributed by atoms with van der Waals surface area (Å²) in [7, 11) is 0. The Labute approximate surface area is 98.2 Å². The zero-order chi connectivity index (χ0) is 12.8. The lowest BCUT2D eigenvalue weighted by Gasteiger charge is -2.06. The standard InChI is InChI=1S/C12H11FN2O2/c1-3-6-14-11(16)12(17)15-10-5-4-8(2)7-9(10)13/h1,4-5,7H,6H2,2H3,(H,14,16)(H,15,17). The Hall–Kier alpha value is -2.35. The molecule has 0 unspecified atom stereocenters. The second-order valence-corrected chi connectivity index (χ2v) is 3.32. The van der Waals surface area contributed by atoms with E-state index in [1.54, 1.807) is 13.0 Å². The molecule has 1 aromatic rings. The minimum atomic E-state index is -0.956. The molecule has 0 saturated heterocycles. The van der Waals surface area contributed by atoms with Gasteiger partial charge < -0.3 is 10.6 Å². The van der Waals surface area contributed by atoms with Crippen LogP contribution in [0.5, 0.6) is 0 Å². The van der Waals surface area contributed by atoms with E-state index in [1.165, 1.54) is 12.1 Å². The smallest absolute Gasteiger partial charge is 0.313 e. The number of carbonyl (C=O) groups excluding carboxylic acids is 2. The van der Waals surface area contributed by atoms with Crippen LogP contribution in [0.1, 0.15) is 5.56 Å². The third-order valence-corrected chi connectivity index (χ3v) is 1.93. The molecule has 1 rings (SSSR count). The number of nitrogens with one attached hydrogen (secondary N) is 2. The third-order valence-electron chi connectivity index (χ3n) is 1.93. The lowest BCUT2D eigenvalue weighted by Crippen LogP contribution is -2.35. The molecule has 0 aliphatic rings. The van der Waals surface area contributed by atoms with E-state index >= 15 is 0 Å². The van der Waals surface area contributed by atoms with Crippen LogP contribution in [0.3, 0.4) is 0 Å². The molecule has 0 radical (unpaired) electrons. The molecule has 0 aliphatic carbocycles. The molecule has 0 spiro atoms. The molecule has 0 fully saturated rings. The summed E-state index contributed by atoms with van der Waals surface area (Å²) in [4.78, 5) is 22.4. The minimum Gasteiger partial charge on any atom is -0.337 e. The van der Waals surface area contributed by atoms with Crippen LogP contribution in [0.4, 0.5) is 10.1 Å². The second kappa shape index (κ2) is 5.66. The molecule has 2 amide bonds. The summed E-state index contributed by atoms with van der Waals surface area (Å²) >= 11 is 0. The molecule has 2 N–H and O–H groups in total. The first kappa shape index (κ1) is 12.7. The van der Waals surface area contributed by atoms with E-state index in [9.17, 15) is 14.0 Å². The van der Waals surface area contributed by atoms with Crippen molar-refractivity contribution < 1.29 is 14.0 Å². The van der Waals surface area contributed by atoms with Crippen LogP contribution in [0.2, 0.25) is 0 Å². The second-order valence-electron chi connectivity index (χ2n) is 3.32. The molecule has 0 aromatic heterocycles. The lowest BCUT2D eigenvalue weighted by molar-refractivity contribution is -0.136. The van der Waals surface area contributed by atoms with Gasteiger partial charge in [-0.05, 0) is 24.6 Å². The number of hydrogen-bond donors (Lipinski definition) is 2. The highest BCUT2D eigenvalue weighted by Gasteiger charge is 2.14. The molecule has 0 bridgehead atoms. The number of carbonyl (C=O) groups is 2. The number of aryl methyl sites for hydroxylation is 1. The van der Waals surface area contributed by atoms with Crippen LogP contribution in [-0.4, -0.2) is 18.4 Å². The van der Waals surface area contributed by atoms with Crippen LogP contribution in [0.15, 0.2) is 18.2 Å². The number of hydrogen-bond acceptors (Lipinski definition) is 2. The van der Waals surface area contributed by atoms with E-state index in [2.05, 4.69) is 16.6 Å². The number of halogens is 1. The van der Waals surface area contributed by atoms with Gasteiger partial charge in [-0.2, -0.15) is 0 Å². The zero-order valence-electron chi connectivity index (χ0n) is 9.21. The minimum absolute atomic E-state index is 0.0449. The first-order valence-electron chi connectivity index (χ1n) is 4.83. The first-order chi connectivity index (χ1) is 8.04. The van der Waals surface area contributed by atoms with Crippen LogP contribution in [-0.2, 0) is 9.59 Å². The predicted molar refractivity (Wildman–Crippen MR) is 61.6 cm³/mol. The van der Waals surface area contributed by atoms with Gasteiger partial charge in [-0.1, -0.05) is 12.0 Å². The van der Waals surface area contributed by atoms with Crippen LogP contribution in [0, 0.1) is 25.1 Å². The summed E-state index contributed by atoms with van der Waals surface area (Å²) in [5, 5.41) is 4.33. The van der Waals surface area contributed by atoms with Crippen LogP contribution in [0.25, 0.3) is 0 Å². The van der Waals surface area contributed by atoms with E-state index < -0.39 is 17.6 Å². The molecule has 88 valence electrons. The van der Waals surface area contributed by atoms with Crippen molar-refractivity contribution >= 4 is 17.5 Å². The Morgan fingerprint density at radius 2 is 2.12 bits per heavy atom. The maximum absolute atomic E-state index is 13.3. The highest BCUT2D eigenvalue weighted by molar-refractivity contribution is 6.39. The highest BCUT2D eigenvalue weighted by Crippen LogP contribution is 2.14. The highest BCUT2D eigenvalue weighted by atomic mass is 19.1. The van der Waals surface area contributed by atoms with Gasteiger partial charge in [0.2, 0.25) is 0 Å². The average Bonchev–Trinajstić information content (AvgIpc) is 2.29. The fourth-order valence-electron chi connectivity index (χ4n) is 1.11. The Balaban J connectivity index is 2.68. The summed E-state index contributed by atoms with van der Waals surface area (Å²) in [6.45, 7) is 1.66. The number of rotatable bonds is 2. The van der Waals surface area contributed by atoms with Crippen molar-refractivity contribution in [3.05, 3.63) is 29.6 Å². The fraction of sp³-hybridized carbons (Fsp3) is 0.167. The molecule has 5 heteroatoms. The van der Waals surface area contributed by atoms with E-state index in [0.29, 0.717) is 0 Å². The summed E-state index contributed by atoms with van der Waals surface area (Å²) < 4.78 is 13.3. The third kappa shape index (κ3) is 3.61. The summed E-state index contributed by atoms with van der Waals surface area (Å²) in [5.41, 5.74) is 0.675. The van der Waals surface area contributed by atoms with Gasteiger partial charge in [0.1, 0.15) is 5.82 Å². The van der Waals surface area contributed by atoms with Gasteiger partial charge in [0, 0.05) is 0 Å². The van der Waals surface area contributed by atoms with Crippen molar-refractivity contribution in [1.82, 2.24) is 5.32 Å².